The maximum absolute atomic E-state index is 12.9. The van der Waals surface area contributed by atoms with Crippen LogP contribution in [0, 0.1) is 0 Å². The third-order valence-corrected chi connectivity index (χ3v) is 7.11. The second-order valence-corrected chi connectivity index (χ2v) is 9.95. The Kier molecular flexibility index (Phi) is 9.29. The molecule has 198 valence electrons. The number of aromatic nitrogens is 2. The molecule has 1 aromatic heterocycles. The Bertz CT molecular complexity index is 1290. The lowest BCUT2D eigenvalue weighted by Gasteiger charge is -2.21. The molecule has 0 saturated heterocycles. The number of benzene rings is 2. The molecule has 0 aliphatic heterocycles. The molecule has 10 nitrogen and oxygen atoms in total. The number of carbonyl (C=O) groups is 1. The summed E-state index contributed by atoms with van der Waals surface area (Å²) in [5.74, 6) is 0.785. The van der Waals surface area contributed by atoms with Crippen LogP contribution in [-0.2, 0) is 14.8 Å². The van der Waals surface area contributed by atoms with Crippen molar-refractivity contribution in [3.63, 3.8) is 0 Å². The van der Waals surface area contributed by atoms with Gasteiger partial charge in [0.25, 0.3) is 15.9 Å². The Hall–Kier alpha value is -3.86. The topological polar surface area (TPSA) is 129 Å². The molecule has 0 bridgehead atoms. The van der Waals surface area contributed by atoms with Gasteiger partial charge in [-0.2, -0.15) is 9.97 Å². The lowest BCUT2D eigenvalue weighted by molar-refractivity contribution is -0.122. The minimum absolute atomic E-state index is 0.0123. The fraction of sp³-hybridized carbons (Fsp3) is 0.346. The van der Waals surface area contributed by atoms with E-state index in [-0.39, 0.29) is 28.5 Å². The molecule has 2 atom stereocenters. The molecule has 0 saturated carbocycles. The summed E-state index contributed by atoms with van der Waals surface area (Å²) in [6, 6.07) is 14.8. The first-order valence-corrected chi connectivity index (χ1v) is 13.3. The summed E-state index contributed by atoms with van der Waals surface area (Å²) < 4.78 is 44.2. The van der Waals surface area contributed by atoms with Crippen molar-refractivity contribution < 1.29 is 27.4 Å². The number of para-hydroxylation sites is 1. The van der Waals surface area contributed by atoms with E-state index in [1.807, 2.05) is 31.2 Å². The molecule has 1 heterocycles. The molecule has 0 radical (unpaired) electrons. The highest BCUT2D eigenvalue weighted by atomic mass is 32.2. The summed E-state index contributed by atoms with van der Waals surface area (Å²) in [5.41, 5.74) is 1.49. The smallest absolute Gasteiger partial charge is 0.321 e. The third-order valence-electron chi connectivity index (χ3n) is 5.74. The minimum Gasteiger partial charge on any atom is -0.481 e. The second kappa shape index (κ2) is 12.4. The van der Waals surface area contributed by atoms with Crippen LogP contribution in [0.15, 0.2) is 59.5 Å². The number of hydrogen-bond acceptors (Lipinski definition) is 8. The van der Waals surface area contributed by atoms with Crippen molar-refractivity contribution in [1.29, 1.82) is 0 Å². The maximum Gasteiger partial charge on any atom is 0.321 e. The molecule has 11 heteroatoms. The molecule has 2 unspecified atom stereocenters. The molecule has 0 fully saturated rings. The Morgan fingerprint density at radius 2 is 1.68 bits per heavy atom. The fourth-order valence-corrected chi connectivity index (χ4v) is 4.47. The van der Waals surface area contributed by atoms with Crippen molar-refractivity contribution in [2.45, 2.75) is 50.5 Å². The zero-order valence-electron chi connectivity index (χ0n) is 21.5. The lowest BCUT2D eigenvalue weighted by Crippen LogP contribution is -2.32. The van der Waals surface area contributed by atoms with Gasteiger partial charge in [0, 0.05) is 11.8 Å². The van der Waals surface area contributed by atoms with Crippen molar-refractivity contribution in [1.82, 2.24) is 9.97 Å². The van der Waals surface area contributed by atoms with Crippen LogP contribution in [0.2, 0.25) is 0 Å². The molecule has 37 heavy (non-hydrogen) atoms. The first-order valence-electron chi connectivity index (χ1n) is 11.9. The highest BCUT2D eigenvalue weighted by molar-refractivity contribution is 7.92. The van der Waals surface area contributed by atoms with E-state index in [1.165, 1.54) is 44.6 Å². The predicted octanol–water partition coefficient (Wildman–Crippen LogP) is 4.60. The molecule has 0 aliphatic carbocycles. The van der Waals surface area contributed by atoms with Crippen LogP contribution in [0.4, 0.5) is 11.5 Å². The molecule has 1 amide bonds. The first-order chi connectivity index (χ1) is 17.7. The van der Waals surface area contributed by atoms with Crippen molar-refractivity contribution in [2.75, 3.05) is 24.3 Å². The van der Waals surface area contributed by atoms with E-state index in [2.05, 4.69) is 33.9 Å². The van der Waals surface area contributed by atoms with Gasteiger partial charge in [-0.25, -0.2) is 8.42 Å². The Morgan fingerprint density at radius 1 is 0.973 bits per heavy atom. The van der Waals surface area contributed by atoms with Gasteiger partial charge in [-0.15, -0.1) is 0 Å². The number of amides is 1. The summed E-state index contributed by atoms with van der Waals surface area (Å²) in [6.45, 7) is 6.09. The Morgan fingerprint density at radius 3 is 2.30 bits per heavy atom. The summed E-state index contributed by atoms with van der Waals surface area (Å²) in [6.07, 6.45) is 0.701. The van der Waals surface area contributed by atoms with Crippen LogP contribution in [0.1, 0.15) is 45.1 Å². The standard InChI is InChI=1S/C26H32N4O6S/c1-6-17(3)20-10-8-9-11-22(20)36-21(7-2)25(31)27-18-12-14-19(15-13-18)37(32,33)30-23-16-24(34-4)29-26(28-23)35-5/h8-17,21H,6-7H2,1-5H3,(H,27,31)(H,28,29,30). The number of nitrogens with zero attached hydrogens (tertiary/aromatic N) is 2. The van der Waals surface area contributed by atoms with E-state index in [9.17, 15) is 13.2 Å². The van der Waals surface area contributed by atoms with Gasteiger partial charge in [0.15, 0.2) is 11.9 Å². The number of nitrogens with one attached hydrogen (secondary N) is 2. The van der Waals surface area contributed by atoms with Crippen molar-refractivity contribution in [3.8, 4) is 17.6 Å². The normalized spacial score (nSPS) is 12.8. The monoisotopic (exact) mass is 528 g/mol. The number of sulfonamides is 1. The van der Waals surface area contributed by atoms with Crippen LogP contribution >= 0.6 is 0 Å². The molecular formula is C26H32N4O6S. The number of methoxy groups -OCH3 is 2. The fourth-order valence-electron chi connectivity index (χ4n) is 3.48. The van der Waals surface area contributed by atoms with E-state index < -0.39 is 16.1 Å². The van der Waals surface area contributed by atoms with E-state index in [0.29, 0.717) is 23.8 Å². The third kappa shape index (κ3) is 7.10. The molecule has 3 aromatic rings. The SMILES string of the molecule is CCC(Oc1ccccc1C(C)CC)C(=O)Nc1ccc(S(=O)(=O)Nc2cc(OC)nc(OC)n2)cc1. The largest absolute Gasteiger partial charge is 0.481 e. The summed E-state index contributed by atoms with van der Waals surface area (Å²) in [4.78, 5) is 20.8. The number of carbonyl (C=O) groups excluding carboxylic acids is 1. The molecule has 3 rings (SSSR count). The number of ether oxygens (including phenoxy) is 3. The first kappa shape index (κ1) is 27.7. The van der Waals surface area contributed by atoms with Gasteiger partial charge in [0.05, 0.1) is 19.1 Å². The number of anilines is 2. The highest BCUT2D eigenvalue weighted by Crippen LogP contribution is 2.30. The number of rotatable bonds is 12. The highest BCUT2D eigenvalue weighted by Gasteiger charge is 2.22. The summed E-state index contributed by atoms with van der Waals surface area (Å²) in [5, 5.41) is 2.80. The average molecular weight is 529 g/mol. The number of hydrogen-bond donors (Lipinski definition) is 2. The van der Waals surface area contributed by atoms with Crippen LogP contribution < -0.4 is 24.2 Å². The molecule has 0 spiro atoms. The van der Waals surface area contributed by atoms with Gasteiger partial charge in [-0.05, 0) is 54.7 Å². The van der Waals surface area contributed by atoms with Crippen molar-refractivity contribution in [3.05, 3.63) is 60.2 Å². The molecule has 2 aromatic carbocycles. The van der Waals surface area contributed by atoms with E-state index in [4.69, 9.17) is 14.2 Å². The minimum atomic E-state index is -3.97. The van der Waals surface area contributed by atoms with Gasteiger partial charge >= 0.3 is 6.01 Å². The van der Waals surface area contributed by atoms with Crippen LogP contribution in [-0.4, -0.2) is 44.6 Å². The average Bonchev–Trinajstić information content (AvgIpc) is 2.91. The van der Waals surface area contributed by atoms with Gasteiger partial charge in [-0.1, -0.05) is 39.0 Å². The Balaban J connectivity index is 1.71. The molecule has 2 N–H and O–H groups in total. The second-order valence-electron chi connectivity index (χ2n) is 8.26. The van der Waals surface area contributed by atoms with Crippen LogP contribution in [0.3, 0.4) is 0 Å². The maximum atomic E-state index is 12.9. The van der Waals surface area contributed by atoms with Gasteiger partial charge in [0.1, 0.15) is 5.75 Å². The molecular weight excluding hydrogens is 496 g/mol. The Labute approximate surface area is 217 Å². The van der Waals surface area contributed by atoms with Crippen molar-refractivity contribution >= 4 is 27.4 Å². The summed E-state index contributed by atoms with van der Waals surface area (Å²) >= 11 is 0. The lowest BCUT2D eigenvalue weighted by atomic mass is 9.98. The predicted molar refractivity (Wildman–Crippen MR) is 141 cm³/mol. The van der Waals surface area contributed by atoms with Gasteiger partial charge in [-0.3, -0.25) is 9.52 Å². The van der Waals surface area contributed by atoms with E-state index in [0.717, 1.165) is 12.0 Å². The quantitative estimate of drug-likeness (QED) is 0.349. The van der Waals surface area contributed by atoms with Gasteiger partial charge in [0.2, 0.25) is 5.88 Å². The zero-order valence-corrected chi connectivity index (χ0v) is 22.3. The van der Waals surface area contributed by atoms with E-state index in [1.54, 1.807) is 0 Å². The van der Waals surface area contributed by atoms with Crippen molar-refractivity contribution in [2.24, 2.45) is 0 Å². The molecule has 0 aliphatic rings. The van der Waals surface area contributed by atoms with Crippen LogP contribution in [0.5, 0.6) is 17.6 Å². The van der Waals surface area contributed by atoms with Gasteiger partial charge < -0.3 is 19.5 Å². The van der Waals surface area contributed by atoms with E-state index >= 15 is 0 Å². The summed E-state index contributed by atoms with van der Waals surface area (Å²) in [7, 11) is -1.22. The van der Waals surface area contributed by atoms with Crippen LogP contribution in [0.25, 0.3) is 0 Å². The zero-order chi connectivity index (χ0) is 27.0.